The van der Waals surface area contributed by atoms with E-state index < -0.39 is 5.97 Å². The molecule has 6 heteroatoms. The number of hydrogen-bond acceptors (Lipinski definition) is 4. The lowest BCUT2D eigenvalue weighted by Gasteiger charge is -2.13. The summed E-state index contributed by atoms with van der Waals surface area (Å²) in [6, 6.07) is 20.3. The second-order valence-corrected chi connectivity index (χ2v) is 6.55. The van der Waals surface area contributed by atoms with Crippen molar-refractivity contribution in [2.24, 2.45) is 5.16 Å². The highest BCUT2D eigenvalue weighted by molar-refractivity contribution is 6.36. The molecule has 0 spiro atoms. The quantitative estimate of drug-likeness (QED) is 0.239. The van der Waals surface area contributed by atoms with Crippen molar-refractivity contribution in [3.63, 3.8) is 0 Å². The molecule has 0 saturated heterocycles. The minimum absolute atomic E-state index is 0.0261. The summed E-state index contributed by atoms with van der Waals surface area (Å²) in [5.74, 6) is -0.611. The summed E-state index contributed by atoms with van der Waals surface area (Å²) in [5.41, 5.74) is 3.09. The minimum Gasteiger partial charge on any atom is -0.461 e. The monoisotopic (exact) mass is 375 g/mol. The SMILES string of the molecule is CCOC(=O)/C(Cn1c(Cn2ccc3ccccc32)cc2ccccc21)=N\O. The Bertz CT molecular complexity index is 1170. The third-order valence-electron chi connectivity index (χ3n) is 4.85. The van der Waals surface area contributed by atoms with E-state index in [9.17, 15) is 10.0 Å². The molecule has 0 bridgehead atoms. The van der Waals surface area contributed by atoms with Gasteiger partial charge in [-0.2, -0.15) is 0 Å². The molecule has 0 amide bonds. The number of fused-ring (bicyclic) bond motifs is 2. The molecule has 142 valence electrons. The summed E-state index contributed by atoms with van der Waals surface area (Å²) in [7, 11) is 0. The fourth-order valence-electron chi connectivity index (χ4n) is 3.54. The molecule has 2 aromatic carbocycles. The topological polar surface area (TPSA) is 68.8 Å². The van der Waals surface area contributed by atoms with Gasteiger partial charge in [-0.3, -0.25) is 0 Å². The zero-order chi connectivity index (χ0) is 19.5. The van der Waals surface area contributed by atoms with E-state index >= 15 is 0 Å². The van der Waals surface area contributed by atoms with Crippen LogP contribution in [0, 0.1) is 0 Å². The molecule has 0 aliphatic heterocycles. The molecule has 0 unspecified atom stereocenters. The minimum atomic E-state index is -0.611. The third-order valence-corrected chi connectivity index (χ3v) is 4.85. The first-order valence-electron chi connectivity index (χ1n) is 9.20. The predicted octanol–water partition coefficient (Wildman–Crippen LogP) is 4.04. The van der Waals surface area contributed by atoms with Crippen LogP contribution in [-0.4, -0.2) is 32.6 Å². The van der Waals surface area contributed by atoms with Crippen LogP contribution in [0.4, 0.5) is 0 Å². The van der Waals surface area contributed by atoms with Crippen molar-refractivity contribution in [1.29, 1.82) is 0 Å². The normalized spacial score (nSPS) is 12.0. The third kappa shape index (κ3) is 3.24. The molecule has 0 radical (unpaired) electrons. The van der Waals surface area contributed by atoms with Crippen molar-refractivity contribution in [3.05, 3.63) is 72.6 Å². The Hall–Kier alpha value is -3.54. The van der Waals surface area contributed by atoms with Crippen LogP contribution >= 0.6 is 0 Å². The standard InChI is InChI=1S/C22H21N3O3/c1-2-28-22(26)19(23-27)15-25-18(13-17-8-4-6-10-21(17)25)14-24-12-11-16-7-3-5-9-20(16)24/h3-13,27H,2,14-15H2,1H3/b23-19-. The molecule has 0 saturated carbocycles. The second kappa shape index (κ2) is 7.60. The highest BCUT2D eigenvalue weighted by atomic mass is 16.5. The maximum atomic E-state index is 12.1. The smallest absolute Gasteiger partial charge is 0.358 e. The Morgan fingerprint density at radius 1 is 1.04 bits per heavy atom. The molecule has 28 heavy (non-hydrogen) atoms. The molecular weight excluding hydrogens is 354 g/mol. The van der Waals surface area contributed by atoms with E-state index in [1.165, 1.54) is 5.39 Å². The maximum absolute atomic E-state index is 12.1. The van der Waals surface area contributed by atoms with Gasteiger partial charge in [-0.1, -0.05) is 41.6 Å². The molecule has 0 atom stereocenters. The molecular formula is C22H21N3O3. The van der Waals surface area contributed by atoms with Gasteiger partial charge >= 0.3 is 5.97 Å². The van der Waals surface area contributed by atoms with Gasteiger partial charge in [-0.15, -0.1) is 0 Å². The number of ether oxygens (including phenoxy) is 1. The predicted molar refractivity (Wildman–Crippen MR) is 109 cm³/mol. The van der Waals surface area contributed by atoms with Gasteiger partial charge in [0.25, 0.3) is 0 Å². The molecule has 2 heterocycles. The van der Waals surface area contributed by atoms with Crippen LogP contribution in [0.5, 0.6) is 0 Å². The van der Waals surface area contributed by atoms with E-state index in [-0.39, 0.29) is 18.9 Å². The molecule has 6 nitrogen and oxygen atoms in total. The van der Waals surface area contributed by atoms with E-state index in [0.717, 1.165) is 22.1 Å². The molecule has 4 rings (SSSR count). The van der Waals surface area contributed by atoms with Crippen molar-refractivity contribution in [3.8, 4) is 0 Å². The summed E-state index contributed by atoms with van der Waals surface area (Å²) < 4.78 is 9.17. The second-order valence-electron chi connectivity index (χ2n) is 6.55. The Morgan fingerprint density at radius 2 is 1.75 bits per heavy atom. The summed E-state index contributed by atoms with van der Waals surface area (Å²) in [6.45, 7) is 2.72. The zero-order valence-electron chi connectivity index (χ0n) is 15.6. The molecule has 2 aromatic heterocycles. The Kier molecular flexibility index (Phi) is 4.85. The van der Waals surface area contributed by atoms with Gasteiger partial charge in [-0.25, -0.2) is 4.79 Å². The van der Waals surface area contributed by atoms with Gasteiger partial charge in [0.05, 0.1) is 19.7 Å². The molecule has 1 N–H and O–H groups in total. The molecule has 0 aliphatic rings. The number of hydrogen-bond donors (Lipinski definition) is 1. The summed E-state index contributed by atoms with van der Waals surface area (Å²) in [4.78, 5) is 12.1. The van der Waals surface area contributed by atoms with E-state index in [0.29, 0.717) is 6.54 Å². The van der Waals surface area contributed by atoms with Gasteiger partial charge in [0.1, 0.15) is 0 Å². The first-order chi connectivity index (χ1) is 13.7. The van der Waals surface area contributed by atoms with Gasteiger partial charge in [0, 0.05) is 22.9 Å². The van der Waals surface area contributed by atoms with Gasteiger partial charge in [0.2, 0.25) is 0 Å². The number of carbonyl (C=O) groups is 1. The lowest BCUT2D eigenvalue weighted by molar-refractivity contribution is -0.135. The van der Waals surface area contributed by atoms with E-state index in [4.69, 9.17) is 4.74 Å². The first-order valence-corrected chi connectivity index (χ1v) is 9.20. The number of benzene rings is 2. The van der Waals surface area contributed by atoms with Gasteiger partial charge in [0.15, 0.2) is 5.71 Å². The van der Waals surface area contributed by atoms with Crippen LogP contribution in [0.25, 0.3) is 21.8 Å². The Morgan fingerprint density at radius 3 is 2.50 bits per heavy atom. The largest absolute Gasteiger partial charge is 0.461 e. The lowest BCUT2D eigenvalue weighted by Crippen LogP contribution is -2.24. The Balaban J connectivity index is 1.76. The van der Waals surface area contributed by atoms with Crippen LogP contribution in [0.2, 0.25) is 0 Å². The van der Waals surface area contributed by atoms with Crippen molar-refractivity contribution >= 4 is 33.5 Å². The summed E-state index contributed by atoms with van der Waals surface area (Å²) in [6.07, 6.45) is 2.05. The lowest BCUT2D eigenvalue weighted by atomic mass is 10.2. The number of oxime groups is 1. The highest BCUT2D eigenvalue weighted by Gasteiger charge is 2.18. The highest BCUT2D eigenvalue weighted by Crippen LogP contribution is 2.23. The van der Waals surface area contributed by atoms with Crippen LogP contribution in [0.15, 0.2) is 72.0 Å². The fraction of sp³-hybridized carbons (Fsp3) is 0.182. The van der Waals surface area contributed by atoms with Crippen LogP contribution < -0.4 is 0 Å². The number of rotatable bonds is 6. The number of esters is 1. The van der Waals surface area contributed by atoms with Crippen molar-refractivity contribution in [2.75, 3.05) is 6.61 Å². The molecule has 4 aromatic rings. The number of para-hydroxylation sites is 2. The van der Waals surface area contributed by atoms with Crippen molar-refractivity contribution < 1.29 is 14.7 Å². The number of aromatic nitrogens is 2. The van der Waals surface area contributed by atoms with Crippen LogP contribution in [-0.2, 0) is 22.6 Å². The van der Waals surface area contributed by atoms with Gasteiger partial charge < -0.3 is 19.1 Å². The van der Waals surface area contributed by atoms with Crippen molar-refractivity contribution in [1.82, 2.24) is 9.13 Å². The van der Waals surface area contributed by atoms with Gasteiger partial charge in [-0.05, 0) is 42.0 Å². The number of carbonyl (C=O) groups excluding carboxylic acids is 1. The first kappa shape index (κ1) is 17.9. The van der Waals surface area contributed by atoms with E-state index in [1.807, 2.05) is 41.0 Å². The summed E-state index contributed by atoms with van der Waals surface area (Å²) >= 11 is 0. The van der Waals surface area contributed by atoms with Crippen LogP contribution in [0.1, 0.15) is 12.6 Å². The van der Waals surface area contributed by atoms with Crippen LogP contribution in [0.3, 0.4) is 0 Å². The van der Waals surface area contributed by atoms with E-state index in [1.54, 1.807) is 6.92 Å². The average molecular weight is 375 g/mol. The maximum Gasteiger partial charge on any atom is 0.358 e. The molecule has 0 fully saturated rings. The Labute approximate surface area is 162 Å². The van der Waals surface area contributed by atoms with Crippen molar-refractivity contribution in [2.45, 2.75) is 20.0 Å². The molecule has 0 aliphatic carbocycles. The summed E-state index contributed by atoms with van der Waals surface area (Å²) in [5, 5.41) is 14.8. The average Bonchev–Trinajstić information content (AvgIpc) is 3.28. The fourth-order valence-corrected chi connectivity index (χ4v) is 3.54. The number of nitrogens with zero attached hydrogens (tertiary/aromatic N) is 3. The zero-order valence-corrected chi connectivity index (χ0v) is 15.6. The van der Waals surface area contributed by atoms with E-state index in [2.05, 4.69) is 40.2 Å².